The molecule has 0 aromatic heterocycles. The molecule has 0 saturated carbocycles. The minimum atomic E-state index is -3.39. The first-order valence-corrected chi connectivity index (χ1v) is 8.70. The van der Waals surface area contributed by atoms with Gasteiger partial charge in [-0.1, -0.05) is 6.42 Å². The molecule has 1 aliphatic rings. The highest BCUT2D eigenvalue weighted by Gasteiger charge is 2.37. The summed E-state index contributed by atoms with van der Waals surface area (Å²) in [4.78, 5) is 25.0. The average Bonchev–Trinajstić information content (AvgIpc) is 2.46. The molecule has 21 heavy (non-hydrogen) atoms. The second-order valence-electron chi connectivity index (χ2n) is 5.00. The van der Waals surface area contributed by atoms with Gasteiger partial charge in [0.1, 0.15) is 5.25 Å². The molecule has 0 aromatic carbocycles. The van der Waals surface area contributed by atoms with Gasteiger partial charge in [-0.15, -0.1) is 0 Å². The lowest BCUT2D eigenvalue weighted by molar-refractivity contribution is -0.141. The Morgan fingerprint density at radius 2 is 1.90 bits per heavy atom. The maximum Gasteiger partial charge on any atom is 0.307 e. The van der Waals surface area contributed by atoms with Gasteiger partial charge in [0.15, 0.2) is 9.84 Å². The van der Waals surface area contributed by atoms with E-state index < -0.39 is 27.0 Å². The van der Waals surface area contributed by atoms with Crippen LogP contribution in [0.25, 0.3) is 0 Å². The van der Waals surface area contributed by atoms with Crippen LogP contribution in [0.4, 0.5) is 0 Å². The molecule has 1 unspecified atom stereocenters. The number of hydrogen-bond acceptors (Lipinski definition) is 6. The Kier molecular flexibility index (Phi) is 7.10. The highest BCUT2D eigenvalue weighted by Crippen LogP contribution is 2.21. The van der Waals surface area contributed by atoms with Crippen LogP contribution < -0.4 is 0 Å². The molecule has 1 fully saturated rings. The van der Waals surface area contributed by atoms with Crippen molar-refractivity contribution < 1.29 is 27.5 Å². The lowest BCUT2D eigenvalue weighted by atomic mass is 10.1. The van der Waals surface area contributed by atoms with Crippen LogP contribution in [0.5, 0.6) is 0 Å². The van der Waals surface area contributed by atoms with Crippen LogP contribution in [0.15, 0.2) is 0 Å². The summed E-state index contributed by atoms with van der Waals surface area (Å²) in [6, 6.07) is 0. The van der Waals surface area contributed by atoms with Crippen molar-refractivity contribution in [1.29, 1.82) is 0 Å². The van der Waals surface area contributed by atoms with Gasteiger partial charge >= 0.3 is 5.97 Å². The molecule has 1 rings (SSSR count). The molecule has 0 spiro atoms. The SMILES string of the molecule is COCCN(CCC(=O)OC)C(=O)C1CCCCS1(=O)=O. The number of carbonyl (C=O) groups excluding carboxylic acids is 2. The van der Waals surface area contributed by atoms with Crippen LogP contribution in [0.1, 0.15) is 25.7 Å². The van der Waals surface area contributed by atoms with Gasteiger partial charge < -0.3 is 14.4 Å². The maximum absolute atomic E-state index is 12.5. The fourth-order valence-electron chi connectivity index (χ4n) is 2.30. The van der Waals surface area contributed by atoms with Gasteiger partial charge in [0.2, 0.25) is 5.91 Å². The van der Waals surface area contributed by atoms with Gasteiger partial charge in [0.25, 0.3) is 0 Å². The van der Waals surface area contributed by atoms with E-state index in [1.165, 1.54) is 19.1 Å². The summed E-state index contributed by atoms with van der Waals surface area (Å²) in [7, 11) is -0.612. The molecule has 1 saturated heterocycles. The summed E-state index contributed by atoms with van der Waals surface area (Å²) in [6.45, 7) is 0.693. The van der Waals surface area contributed by atoms with Gasteiger partial charge in [-0.3, -0.25) is 9.59 Å². The van der Waals surface area contributed by atoms with E-state index in [-0.39, 0.29) is 25.3 Å². The molecular weight excluding hydrogens is 298 g/mol. The van der Waals surface area contributed by atoms with Crippen molar-refractivity contribution in [3.63, 3.8) is 0 Å². The first-order valence-electron chi connectivity index (χ1n) is 6.98. The summed E-state index contributed by atoms with van der Waals surface area (Å²) < 4.78 is 33.5. The smallest absolute Gasteiger partial charge is 0.307 e. The fourth-order valence-corrected chi connectivity index (χ4v) is 4.17. The Morgan fingerprint density at radius 3 is 2.48 bits per heavy atom. The summed E-state index contributed by atoms with van der Waals surface area (Å²) in [5.74, 6) is -0.814. The average molecular weight is 321 g/mol. The molecule has 0 bridgehead atoms. The normalized spacial score (nSPS) is 20.8. The van der Waals surface area contributed by atoms with E-state index in [1.54, 1.807) is 0 Å². The standard InChI is InChI=1S/C13H23NO6S/c1-19-9-8-14(7-6-12(15)20-2)13(16)11-5-3-4-10-21(11,17)18/h11H,3-10H2,1-2H3. The highest BCUT2D eigenvalue weighted by atomic mass is 32.2. The van der Waals surface area contributed by atoms with Crippen LogP contribution >= 0.6 is 0 Å². The van der Waals surface area contributed by atoms with E-state index in [2.05, 4.69) is 4.74 Å². The number of amides is 1. The second-order valence-corrected chi connectivity index (χ2v) is 7.30. The van der Waals surface area contributed by atoms with Crippen LogP contribution in [0.2, 0.25) is 0 Å². The third-order valence-corrected chi connectivity index (χ3v) is 5.71. The molecule has 0 radical (unpaired) electrons. The molecule has 1 aliphatic heterocycles. The third kappa shape index (κ3) is 5.28. The van der Waals surface area contributed by atoms with Crippen LogP contribution in [0.3, 0.4) is 0 Å². The first-order chi connectivity index (χ1) is 9.92. The van der Waals surface area contributed by atoms with Crippen molar-refractivity contribution in [3.05, 3.63) is 0 Å². The van der Waals surface area contributed by atoms with Crippen LogP contribution in [0, 0.1) is 0 Å². The molecule has 1 heterocycles. The first kappa shape index (κ1) is 17.9. The van der Waals surface area contributed by atoms with E-state index in [4.69, 9.17) is 4.74 Å². The molecule has 8 heteroatoms. The number of ether oxygens (including phenoxy) is 2. The molecule has 1 amide bonds. The number of esters is 1. The number of nitrogens with zero attached hydrogens (tertiary/aromatic N) is 1. The number of methoxy groups -OCH3 is 2. The molecule has 0 aliphatic carbocycles. The minimum Gasteiger partial charge on any atom is -0.469 e. The van der Waals surface area contributed by atoms with E-state index >= 15 is 0 Å². The quantitative estimate of drug-likeness (QED) is 0.613. The summed E-state index contributed by atoms with van der Waals surface area (Å²) in [5.41, 5.74) is 0. The molecule has 0 aromatic rings. The molecule has 7 nitrogen and oxygen atoms in total. The van der Waals surface area contributed by atoms with E-state index in [0.717, 1.165) is 6.42 Å². The Bertz CT molecular complexity index is 461. The Hall–Kier alpha value is -1.15. The Balaban J connectivity index is 2.75. The molecular formula is C13H23NO6S. The summed E-state index contributed by atoms with van der Waals surface area (Å²) in [6.07, 6.45) is 1.72. The van der Waals surface area contributed by atoms with Gasteiger partial charge in [-0.25, -0.2) is 8.42 Å². The second kappa shape index (κ2) is 8.33. The predicted molar refractivity (Wildman–Crippen MR) is 76.5 cm³/mol. The number of sulfone groups is 1. The molecule has 122 valence electrons. The number of hydrogen-bond donors (Lipinski definition) is 0. The summed E-state index contributed by atoms with van der Waals surface area (Å²) in [5, 5.41) is -0.985. The number of rotatable bonds is 7. The van der Waals surface area contributed by atoms with Gasteiger partial charge in [0, 0.05) is 20.2 Å². The lowest BCUT2D eigenvalue weighted by Gasteiger charge is -2.28. The zero-order valence-corrected chi connectivity index (χ0v) is 13.4. The zero-order valence-electron chi connectivity index (χ0n) is 12.5. The van der Waals surface area contributed by atoms with Crippen molar-refractivity contribution in [2.24, 2.45) is 0 Å². The molecule has 0 N–H and O–H groups in total. The van der Waals surface area contributed by atoms with Crippen molar-refractivity contribution >= 4 is 21.7 Å². The largest absolute Gasteiger partial charge is 0.469 e. The van der Waals surface area contributed by atoms with Crippen LogP contribution in [-0.2, 0) is 28.9 Å². The van der Waals surface area contributed by atoms with Gasteiger partial charge in [0.05, 0.1) is 25.9 Å². The number of carbonyl (C=O) groups is 2. The predicted octanol–water partition coefficient (Wildman–Crippen LogP) is -0.00820. The summed E-state index contributed by atoms with van der Waals surface area (Å²) >= 11 is 0. The van der Waals surface area contributed by atoms with Crippen molar-refractivity contribution in [2.45, 2.75) is 30.9 Å². The van der Waals surface area contributed by atoms with Gasteiger partial charge in [-0.05, 0) is 12.8 Å². The Morgan fingerprint density at radius 1 is 1.19 bits per heavy atom. The van der Waals surface area contributed by atoms with E-state index in [9.17, 15) is 18.0 Å². The fraction of sp³-hybridized carbons (Fsp3) is 0.846. The minimum absolute atomic E-state index is 0.0404. The van der Waals surface area contributed by atoms with E-state index in [0.29, 0.717) is 19.4 Å². The lowest BCUT2D eigenvalue weighted by Crippen LogP contribution is -2.47. The van der Waals surface area contributed by atoms with Crippen molar-refractivity contribution in [1.82, 2.24) is 4.90 Å². The van der Waals surface area contributed by atoms with Crippen LogP contribution in [-0.4, -0.2) is 70.1 Å². The highest BCUT2D eigenvalue weighted by molar-refractivity contribution is 7.92. The van der Waals surface area contributed by atoms with Crippen molar-refractivity contribution in [2.75, 3.05) is 39.7 Å². The van der Waals surface area contributed by atoms with Crippen molar-refractivity contribution in [3.8, 4) is 0 Å². The van der Waals surface area contributed by atoms with Gasteiger partial charge in [-0.2, -0.15) is 0 Å². The monoisotopic (exact) mass is 321 g/mol. The van der Waals surface area contributed by atoms with E-state index in [1.807, 2.05) is 0 Å². The maximum atomic E-state index is 12.5. The zero-order chi connectivity index (χ0) is 15.9. The topological polar surface area (TPSA) is 90.0 Å². The molecule has 1 atom stereocenters. The Labute approximate surface area is 125 Å². The third-order valence-electron chi connectivity index (χ3n) is 3.54.